The number of nitrogens with one attached hydrogen (secondary N) is 2. The van der Waals surface area contributed by atoms with E-state index in [1.807, 2.05) is 0 Å². The number of carbonyl (C=O) groups excluding carboxylic acids is 4. The molecule has 0 aromatic carbocycles. The van der Waals surface area contributed by atoms with Crippen molar-refractivity contribution in [2.24, 2.45) is 0 Å². The second-order valence-electron chi connectivity index (χ2n) is 16.4. The molecule has 3 fully saturated rings. The first-order chi connectivity index (χ1) is 29.8. The summed E-state index contributed by atoms with van der Waals surface area (Å²) < 4.78 is 26.9. The normalized spacial score (nSPS) is 30.6. The Kier molecular flexibility index (Phi) is 25.3. The van der Waals surface area contributed by atoms with Gasteiger partial charge < -0.3 is 85.2 Å². The molecule has 0 spiro atoms. The summed E-state index contributed by atoms with van der Waals surface area (Å²) in [5.74, 6) is -0.677. The number of hydrogen-bond donors (Lipinski definition) is 11. The van der Waals surface area contributed by atoms with Crippen molar-refractivity contribution in [3.8, 4) is 0 Å². The SMILES string of the molecule is CO[C@@H]1C[C@@H](CO)N(C(=O)CCCCCCC(=O)[C@H](CCCCNC(=O)CCCCOC2OC(CO)C(O)C(O)C2O)NC(=O)CCCCOC2OC(CO)C(O)C(O)C2O)C1. The van der Waals surface area contributed by atoms with E-state index in [9.17, 15) is 65.1 Å². The van der Waals surface area contributed by atoms with Gasteiger partial charge in [0, 0.05) is 59.1 Å². The molecule has 11 N–H and O–H groups in total. The van der Waals surface area contributed by atoms with E-state index in [-0.39, 0.29) is 74.7 Å². The number of hydrogen-bond acceptors (Lipinski definition) is 18. The zero-order valence-electron chi connectivity index (χ0n) is 35.9. The Hall–Kier alpha value is -2.48. The van der Waals surface area contributed by atoms with Crippen LogP contribution in [0.5, 0.6) is 0 Å². The number of likely N-dealkylation sites (tertiary alicyclic amines) is 1. The van der Waals surface area contributed by atoms with E-state index in [0.717, 1.165) is 6.42 Å². The number of rotatable bonds is 30. The quantitative estimate of drug-likeness (QED) is 0.0326. The lowest BCUT2D eigenvalue weighted by Crippen LogP contribution is -2.59. The average molecular weight is 896 g/mol. The maximum atomic E-state index is 13.4. The number of methoxy groups -OCH3 is 1. The third kappa shape index (κ3) is 17.5. The molecule has 0 saturated carbocycles. The predicted molar refractivity (Wildman–Crippen MR) is 217 cm³/mol. The first kappa shape index (κ1) is 53.9. The van der Waals surface area contributed by atoms with E-state index >= 15 is 0 Å². The van der Waals surface area contributed by atoms with Gasteiger partial charge in [-0.15, -0.1) is 0 Å². The van der Waals surface area contributed by atoms with Gasteiger partial charge in [-0.1, -0.05) is 12.8 Å². The minimum Gasteiger partial charge on any atom is -0.394 e. The Morgan fingerprint density at radius 1 is 0.629 bits per heavy atom. The van der Waals surface area contributed by atoms with Gasteiger partial charge in [-0.3, -0.25) is 19.2 Å². The highest BCUT2D eigenvalue weighted by atomic mass is 16.7. The van der Waals surface area contributed by atoms with Crippen LogP contribution < -0.4 is 10.6 Å². The number of carbonyl (C=O) groups is 4. The van der Waals surface area contributed by atoms with Gasteiger partial charge in [0.1, 0.15) is 48.8 Å². The largest absolute Gasteiger partial charge is 0.394 e. The van der Waals surface area contributed by atoms with Gasteiger partial charge in [0.25, 0.3) is 0 Å². The van der Waals surface area contributed by atoms with E-state index in [0.29, 0.717) is 90.1 Å². The Labute approximate surface area is 363 Å². The molecule has 10 unspecified atom stereocenters. The Morgan fingerprint density at radius 2 is 1.16 bits per heavy atom. The van der Waals surface area contributed by atoms with Crippen LogP contribution in [0.3, 0.4) is 0 Å². The number of aliphatic hydroxyl groups excluding tert-OH is 9. The fourth-order valence-corrected chi connectivity index (χ4v) is 7.72. The van der Waals surface area contributed by atoms with Crippen molar-refractivity contribution >= 4 is 23.5 Å². The van der Waals surface area contributed by atoms with Crippen LogP contribution in [0.25, 0.3) is 0 Å². The number of ether oxygens (including phenoxy) is 5. The molecule has 0 aliphatic carbocycles. The van der Waals surface area contributed by atoms with Gasteiger partial charge in [0.15, 0.2) is 18.4 Å². The third-order valence-electron chi connectivity index (χ3n) is 11.6. The fourth-order valence-electron chi connectivity index (χ4n) is 7.72. The maximum Gasteiger partial charge on any atom is 0.222 e. The molecule has 0 aromatic rings. The predicted octanol–water partition coefficient (Wildman–Crippen LogP) is -2.75. The standard InChI is InChI=1S/C41H73N3O18/c1-58-26-20-25(22-45)44(21-26)33(51)16-5-3-2-4-13-28(48)27(43-32(50)15-8-11-19-60-41-39(57)37(55)35(53)30(24-47)62-41)12-6-9-17-42-31(49)14-7-10-18-59-40-38(56)36(54)34(52)29(23-46)61-40/h25-27,29-30,34-41,45-47,52-57H,2-24H2,1H3,(H,42,49)(H,43,50)/t25-,26+,27-,29?,30?,34?,35?,36?,37?,38?,39?,40?,41?/m0/s1. The highest BCUT2D eigenvalue weighted by Gasteiger charge is 2.45. The van der Waals surface area contributed by atoms with Crippen molar-refractivity contribution in [1.82, 2.24) is 15.5 Å². The van der Waals surface area contributed by atoms with Crippen LogP contribution in [-0.2, 0) is 42.9 Å². The lowest BCUT2D eigenvalue weighted by atomic mass is 9.99. The number of ketones is 1. The Balaban J connectivity index is 1.37. The smallest absolute Gasteiger partial charge is 0.222 e. The van der Waals surface area contributed by atoms with E-state index in [1.54, 1.807) is 12.0 Å². The van der Waals surface area contributed by atoms with Crippen LogP contribution in [0.2, 0.25) is 0 Å². The molecule has 0 radical (unpaired) electrons. The summed E-state index contributed by atoms with van der Waals surface area (Å²) in [6.07, 6.45) is -6.68. The van der Waals surface area contributed by atoms with Gasteiger partial charge in [0.2, 0.25) is 17.7 Å². The third-order valence-corrected chi connectivity index (χ3v) is 11.6. The molecule has 3 saturated heterocycles. The van der Waals surface area contributed by atoms with Crippen LogP contribution in [-0.4, -0.2) is 207 Å². The van der Waals surface area contributed by atoms with Crippen molar-refractivity contribution < 1.29 is 88.8 Å². The number of aliphatic hydroxyl groups is 9. The summed E-state index contributed by atoms with van der Waals surface area (Å²) in [6, 6.07) is -0.986. The van der Waals surface area contributed by atoms with Crippen molar-refractivity contribution in [3.63, 3.8) is 0 Å². The molecule has 0 aromatic heterocycles. The molecule has 3 aliphatic rings. The zero-order chi connectivity index (χ0) is 45.6. The lowest BCUT2D eigenvalue weighted by molar-refractivity contribution is -0.301. The van der Waals surface area contributed by atoms with Crippen LogP contribution in [0.4, 0.5) is 0 Å². The van der Waals surface area contributed by atoms with E-state index in [2.05, 4.69) is 10.6 Å². The van der Waals surface area contributed by atoms with Gasteiger partial charge >= 0.3 is 0 Å². The lowest BCUT2D eigenvalue weighted by Gasteiger charge is -2.39. The average Bonchev–Trinajstić information content (AvgIpc) is 3.70. The molecule has 21 heteroatoms. The van der Waals surface area contributed by atoms with Crippen molar-refractivity contribution in [2.45, 2.75) is 182 Å². The Bertz CT molecular complexity index is 1310. The molecule has 360 valence electrons. The Morgan fingerprint density at radius 3 is 1.69 bits per heavy atom. The second kappa shape index (κ2) is 29.1. The topological polar surface area (TPSA) is 324 Å². The van der Waals surface area contributed by atoms with Crippen LogP contribution >= 0.6 is 0 Å². The number of Topliss-reactive ketones (excluding diaryl/α,β-unsaturated/α-hetero) is 1. The summed E-state index contributed by atoms with van der Waals surface area (Å²) in [7, 11) is 1.59. The summed E-state index contributed by atoms with van der Waals surface area (Å²) >= 11 is 0. The van der Waals surface area contributed by atoms with Crippen molar-refractivity contribution in [1.29, 1.82) is 0 Å². The van der Waals surface area contributed by atoms with Gasteiger partial charge in [-0.05, 0) is 64.2 Å². The number of unbranched alkanes of at least 4 members (excludes halogenated alkanes) is 6. The molecule has 3 aliphatic heterocycles. The highest BCUT2D eigenvalue weighted by molar-refractivity contribution is 5.89. The van der Waals surface area contributed by atoms with E-state index < -0.39 is 80.7 Å². The molecular formula is C41H73N3O18. The van der Waals surface area contributed by atoms with Crippen molar-refractivity contribution in [2.75, 3.05) is 53.2 Å². The monoisotopic (exact) mass is 895 g/mol. The molecule has 13 atom stereocenters. The van der Waals surface area contributed by atoms with Crippen molar-refractivity contribution in [3.05, 3.63) is 0 Å². The summed E-state index contributed by atoms with van der Waals surface area (Å²) in [5.41, 5.74) is 0. The van der Waals surface area contributed by atoms with Crippen LogP contribution in [0.15, 0.2) is 0 Å². The second-order valence-corrected chi connectivity index (χ2v) is 16.4. The van der Waals surface area contributed by atoms with Gasteiger partial charge in [0.05, 0.1) is 38.0 Å². The molecule has 3 amide bonds. The molecule has 21 nitrogen and oxygen atoms in total. The molecular weight excluding hydrogens is 822 g/mol. The first-order valence-electron chi connectivity index (χ1n) is 22.1. The van der Waals surface area contributed by atoms with E-state index in [4.69, 9.17) is 23.7 Å². The summed E-state index contributed by atoms with van der Waals surface area (Å²) in [6.45, 7) is -0.294. The van der Waals surface area contributed by atoms with Gasteiger partial charge in [-0.2, -0.15) is 0 Å². The molecule has 3 heterocycles. The zero-order valence-corrected chi connectivity index (χ0v) is 35.9. The number of nitrogens with zero attached hydrogens (tertiary/aromatic N) is 1. The summed E-state index contributed by atoms with van der Waals surface area (Å²) in [5, 5.41) is 93.9. The molecule has 3 rings (SSSR count). The molecule has 0 bridgehead atoms. The maximum absolute atomic E-state index is 13.4. The number of amides is 3. The minimum atomic E-state index is -1.56. The minimum absolute atomic E-state index is 0.0289. The van der Waals surface area contributed by atoms with Crippen LogP contribution in [0, 0.1) is 0 Å². The van der Waals surface area contributed by atoms with Gasteiger partial charge in [-0.25, -0.2) is 0 Å². The van der Waals surface area contributed by atoms with Crippen LogP contribution in [0.1, 0.15) is 103 Å². The van der Waals surface area contributed by atoms with E-state index in [1.165, 1.54) is 0 Å². The molecule has 62 heavy (non-hydrogen) atoms. The highest BCUT2D eigenvalue weighted by Crippen LogP contribution is 2.24. The fraction of sp³-hybridized carbons (Fsp3) is 0.902. The first-order valence-corrected chi connectivity index (χ1v) is 22.1. The summed E-state index contributed by atoms with van der Waals surface area (Å²) in [4.78, 5) is 53.2.